The Morgan fingerprint density at radius 2 is 1.00 bits per heavy atom. The van der Waals surface area contributed by atoms with Crippen molar-refractivity contribution in [1.29, 1.82) is 0 Å². The van der Waals surface area contributed by atoms with Gasteiger partial charge in [-0.15, -0.1) is 0 Å². The minimum atomic E-state index is -0.889. The maximum absolute atomic E-state index is 12.4. The van der Waals surface area contributed by atoms with Gasteiger partial charge < -0.3 is 5.11 Å². The molecule has 0 amide bonds. The first-order valence-electron chi connectivity index (χ1n) is 9.23. The molecule has 0 spiro atoms. The number of aryl methyl sites for hydroxylation is 6. The van der Waals surface area contributed by atoms with E-state index in [0.717, 1.165) is 44.5 Å². The van der Waals surface area contributed by atoms with E-state index >= 15 is 0 Å². The van der Waals surface area contributed by atoms with Gasteiger partial charge in [0, 0.05) is 0 Å². The lowest BCUT2D eigenvalue weighted by Gasteiger charge is -2.19. The molecule has 0 fully saturated rings. The van der Waals surface area contributed by atoms with Crippen molar-refractivity contribution in [3.05, 3.63) is 81.4 Å². The molecule has 0 saturated heterocycles. The second-order valence-electron chi connectivity index (χ2n) is 7.58. The number of carboxylic acid groups (broad SMARTS) is 1. The van der Waals surface area contributed by atoms with Crippen LogP contribution in [0.5, 0.6) is 0 Å². The molecule has 138 valence electrons. The Morgan fingerprint density at radius 1 is 0.667 bits per heavy atom. The number of hydrogen-bond acceptors (Lipinski definition) is 1. The van der Waals surface area contributed by atoms with Gasteiger partial charge in [-0.3, -0.25) is 0 Å². The second kappa shape index (κ2) is 7.03. The van der Waals surface area contributed by atoms with Gasteiger partial charge in [0.2, 0.25) is 0 Å². The standard InChI is InChI=1S/C25H26O2/c1-14-10-16(3)22(17(4)11-14)20-8-7-9-21(24(20)25(26)27)23-18(5)12-15(2)13-19(23)6/h7-13H,1-6H3,(H,26,27). The summed E-state index contributed by atoms with van der Waals surface area (Å²) in [5, 5.41) is 10.1. The van der Waals surface area contributed by atoms with Gasteiger partial charge in [0.05, 0.1) is 5.56 Å². The van der Waals surface area contributed by atoms with Crippen molar-refractivity contribution >= 4 is 5.97 Å². The van der Waals surface area contributed by atoms with Gasteiger partial charge in [0.25, 0.3) is 0 Å². The third kappa shape index (κ3) is 3.40. The second-order valence-corrected chi connectivity index (χ2v) is 7.58. The Kier molecular flexibility index (Phi) is 4.93. The molecule has 0 atom stereocenters. The van der Waals surface area contributed by atoms with E-state index in [9.17, 15) is 9.90 Å². The normalized spacial score (nSPS) is 10.9. The zero-order valence-electron chi connectivity index (χ0n) is 16.9. The third-order valence-electron chi connectivity index (χ3n) is 5.17. The van der Waals surface area contributed by atoms with E-state index in [0.29, 0.717) is 5.56 Å². The van der Waals surface area contributed by atoms with Gasteiger partial charge in [-0.2, -0.15) is 0 Å². The van der Waals surface area contributed by atoms with Crippen molar-refractivity contribution in [1.82, 2.24) is 0 Å². The molecule has 1 N–H and O–H groups in total. The molecule has 0 aliphatic rings. The van der Waals surface area contributed by atoms with Crippen LogP contribution in [0.15, 0.2) is 42.5 Å². The third-order valence-corrected chi connectivity index (χ3v) is 5.17. The largest absolute Gasteiger partial charge is 0.478 e. The Balaban J connectivity index is 2.39. The number of hydrogen-bond donors (Lipinski definition) is 1. The summed E-state index contributed by atoms with van der Waals surface area (Å²) in [6.07, 6.45) is 0. The summed E-state index contributed by atoms with van der Waals surface area (Å²) in [6.45, 7) is 12.3. The fourth-order valence-corrected chi connectivity index (χ4v) is 4.41. The van der Waals surface area contributed by atoms with Crippen LogP contribution in [0.4, 0.5) is 0 Å². The van der Waals surface area contributed by atoms with E-state index in [2.05, 4.69) is 65.8 Å². The molecular formula is C25H26O2. The highest BCUT2D eigenvalue weighted by atomic mass is 16.4. The molecule has 3 aromatic carbocycles. The van der Waals surface area contributed by atoms with Crippen molar-refractivity contribution in [3.8, 4) is 22.3 Å². The molecule has 2 heteroatoms. The van der Waals surface area contributed by atoms with Gasteiger partial charge in [-0.1, -0.05) is 53.6 Å². The zero-order chi connectivity index (χ0) is 19.9. The van der Waals surface area contributed by atoms with Crippen molar-refractivity contribution in [2.75, 3.05) is 0 Å². The highest BCUT2D eigenvalue weighted by Crippen LogP contribution is 2.38. The molecule has 0 radical (unpaired) electrons. The number of aromatic carboxylic acids is 1. The molecule has 3 aromatic rings. The van der Waals surface area contributed by atoms with Gasteiger partial charge in [-0.25, -0.2) is 4.79 Å². The fourth-order valence-electron chi connectivity index (χ4n) is 4.41. The first-order valence-corrected chi connectivity index (χ1v) is 9.23. The average molecular weight is 358 g/mol. The Bertz CT molecular complexity index is 936. The van der Waals surface area contributed by atoms with Crippen LogP contribution < -0.4 is 0 Å². The Labute approximate surface area is 161 Å². The van der Waals surface area contributed by atoms with Crippen LogP contribution in [0.2, 0.25) is 0 Å². The maximum atomic E-state index is 12.4. The van der Waals surface area contributed by atoms with Crippen LogP contribution in [-0.2, 0) is 0 Å². The molecule has 3 rings (SSSR count). The number of benzene rings is 3. The summed E-state index contributed by atoms with van der Waals surface area (Å²) >= 11 is 0. The van der Waals surface area contributed by atoms with Gasteiger partial charge >= 0.3 is 5.97 Å². The highest BCUT2D eigenvalue weighted by Gasteiger charge is 2.22. The summed E-state index contributed by atoms with van der Waals surface area (Å²) in [4.78, 5) is 12.4. The molecule has 2 nitrogen and oxygen atoms in total. The monoisotopic (exact) mass is 358 g/mol. The highest BCUT2D eigenvalue weighted by molar-refractivity contribution is 6.04. The lowest BCUT2D eigenvalue weighted by atomic mass is 9.85. The van der Waals surface area contributed by atoms with Crippen molar-refractivity contribution in [3.63, 3.8) is 0 Å². The van der Waals surface area contributed by atoms with Crippen molar-refractivity contribution < 1.29 is 9.90 Å². The Morgan fingerprint density at radius 3 is 1.30 bits per heavy atom. The molecule has 0 aliphatic carbocycles. The first-order chi connectivity index (χ1) is 12.7. The van der Waals surface area contributed by atoms with Crippen LogP contribution in [-0.4, -0.2) is 11.1 Å². The molecule has 0 bridgehead atoms. The number of rotatable bonds is 3. The summed E-state index contributed by atoms with van der Waals surface area (Å²) < 4.78 is 0. The number of carbonyl (C=O) groups is 1. The Hall–Kier alpha value is -2.87. The van der Waals surface area contributed by atoms with Crippen LogP contribution >= 0.6 is 0 Å². The molecule has 0 aliphatic heterocycles. The topological polar surface area (TPSA) is 37.3 Å². The van der Waals surface area contributed by atoms with Crippen LogP contribution in [0, 0.1) is 41.5 Å². The predicted octanol–water partition coefficient (Wildman–Crippen LogP) is 6.57. The lowest BCUT2D eigenvalue weighted by Crippen LogP contribution is -2.06. The summed E-state index contributed by atoms with van der Waals surface area (Å²) in [5.74, 6) is -0.889. The summed E-state index contributed by atoms with van der Waals surface area (Å²) in [6, 6.07) is 14.3. The average Bonchev–Trinajstić information content (AvgIpc) is 2.52. The van der Waals surface area contributed by atoms with Crippen molar-refractivity contribution in [2.24, 2.45) is 0 Å². The van der Waals surface area contributed by atoms with Gasteiger partial charge in [0.1, 0.15) is 0 Å². The van der Waals surface area contributed by atoms with Crippen LogP contribution in [0.1, 0.15) is 43.7 Å². The van der Waals surface area contributed by atoms with Gasteiger partial charge in [0.15, 0.2) is 0 Å². The number of carboxylic acids is 1. The minimum Gasteiger partial charge on any atom is -0.478 e. The molecule has 0 saturated carbocycles. The van der Waals surface area contributed by atoms with Gasteiger partial charge in [-0.05, 0) is 86.1 Å². The van der Waals surface area contributed by atoms with E-state index in [1.165, 1.54) is 11.1 Å². The van der Waals surface area contributed by atoms with Crippen molar-refractivity contribution in [2.45, 2.75) is 41.5 Å². The van der Waals surface area contributed by atoms with E-state index in [1.807, 2.05) is 18.2 Å². The van der Waals surface area contributed by atoms with Crippen LogP contribution in [0.3, 0.4) is 0 Å². The molecule has 0 heterocycles. The molecule has 27 heavy (non-hydrogen) atoms. The van der Waals surface area contributed by atoms with E-state index in [4.69, 9.17) is 0 Å². The first kappa shape index (κ1) is 18.9. The van der Waals surface area contributed by atoms with E-state index in [-0.39, 0.29) is 0 Å². The fraction of sp³-hybridized carbons (Fsp3) is 0.240. The van der Waals surface area contributed by atoms with E-state index in [1.54, 1.807) is 0 Å². The smallest absolute Gasteiger partial charge is 0.336 e. The minimum absolute atomic E-state index is 0.377. The summed E-state index contributed by atoms with van der Waals surface area (Å²) in [5.41, 5.74) is 10.8. The lowest BCUT2D eigenvalue weighted by molar-refractivity contribution is 0.0698. The van der Waals surface area contributed by atoms with Crippen LogP contribution in [0.25, 0.3) is 22.3 Å². The molecule has 0 aromatic heterocycles. The van der Waals surface area contributed by atoms with E-state index < -0.39 is 5.97 Å². The maximum Gasteiger partial charge on any atom is 0.336 e. The quantitative estimate of drug-likeness (QED) is 0.575. The summed E-state index contributed by atoms with van der Waals surface area (Å²) in [7, 11) is 0. The molecule has 0 unspecified atom stereocenters. The SMILES string of the molecule is Cc1cc(C)c(-c2cccc(-c3c(C)cc(C)cc3C)c2C(=O)O)c(C)c1. The molecular weight excluding hydrogens is 332 g/mol. The zero-order valence-corrected chi connectivity index (χ0v) is 16.9. The predicted molar refractivity (Wildman–Crippen MR) is 113 cm³/mol.